The second-order valence-electron chi connectivity index (χ2n) is 9.96. The molecule has 4 aliphatic rings. The van der Waals surface area contributed by atoms with Crippen LogP contribution in [0.3, 0.4) is 0 Å². The van der Waals surface area contributed by atoms with Crippen molar-refractivity contribution in [1.29, 1.82) is 0 Å². The average molecular weight is 456 g/mol. The molecule has 0 spiro atoms. The first kappa shape index (κ1) is 21.5. The van der Waals surface area contributed by atoms with Gasteiger partial charge in [-0.25, -0.2) is 4.79 Å². The van der Waals surface area contributed by atoms with Gasteiger partial charge < -0.3 is 24.2 Å². The maximum absolute atomic E-state index is 13.1. The van der Waals surface area contributed by atoms with Gasteiger partial charge in [0.1, 0.15) is 24.0 Å². The van der Waals surface area contributed by atoms with Crippen LogP contribution in [0.25, 0.3) is 0 Å². The Morgan fingerprint density at radius 2 is 1.94 bits per heavy atom. The summed E-state index contributed by atoms with van der Waals surface area (Å²) >= 11 is 0. The van der Waals surface area contributed by atoms with Crippen molar-refractivity contribution in [3.8, 4) is 5.75 Å². The van der Waals surface area contributed by atoms with Crippen molar-refractivity contribution in [2.45, 2.75) is 57.8 Å². The molecule has 2 atom stereocenters. The molecule has 2 saturated heterocycles. The van der Waals surface area contributed by atoms with Gasteiger partial charge in [-0.1, -0.05) is 0 Å². The minimum absolute atomic E-state index is 0.0137. The Bertz CT molecular complexity index is 1050. The Morgan fingerprint density at radius 1 is 1.15 bits per heavy atom. The number of imide groups is 1. The molecule has 1 aromatic rings. The van der Waals surface area contributed by atoms with Gasteiger partial charge >= 0.3 is 6.09 Å². The van der Waals surface area contributed by atoms with Crippen LogP contribution in [-0.4, -0.2) is 77.5 Å². The minimum atomic E-state index is -0.648. The van der Waals surface area contributed by atoms with E-state index in [9.17, 15) is 19.2 Å². The lowest BCUT2D eigenvalue weighted by atomic mass is 10.0. The third kappa shape index (κ3) is 3.87. The van der Waals surface area contributed by atoms with E-state index >= 15 is 0 Å². The fourth-order valence-electron chi connectivity index (χ4n) is 4.92. The molecule has 4 aliphatic heterocycles. The maximum Gasteiger partial charge on any atom is 0.410 e. The van der Waals surface area contributed by atoms with Crippen molar-refractivity contribution >= 4 is 29.5 Å². The standard InChI is InChI=1S/C23H28N4O6/c1-23(2,3)33-22(31)25-6-7-26-14(11-25)12-32-18-9-15-13(8-17(18)26)10-27(21(15)30)16-4-5-19(28)24-20(16)29/h8-9,14,16H,4-7,10-12H2,1-3H3,(H,24,28,29)/t14-,16?/m1/s1. The normalized spacial score (nSPS) is 24.6. The summed E-state index contributed by atoms with van der Waals surface area (Å²) in [6.45, 7) is 7.91. The zero-order valence-corrected chi connectivity index (χ0v) is 19.1. The predicted octanol–water partition coefficient (Wildman–Crippen LogP) is 1.27. The Morgan fingerprint density at radius 3 is 2.67 bits per heavy atom. The first-order valence-electron chi connectivity index (χ1n) is 11.3. The first-order chi connectivity index (χ1) is 15.6. The highest BCUT2D eigenvalue weighted by atomic mass is 16.6. The van der Waals surface area contributed by atoms with Gasteiger partial charge in [-0.05, 0) is 44.9 Å². The minimum Gasteiger partial charge on any atom is -0.489 e. The lowest BCUT2D eigenvalue weighted by molar-refractivity contribution is -0.136. The van der Waals surface area contributed by atoms with Gasteiger partial charge in [0, 0.05) is 38.2 Å². The largest absolute Gasteiger partial charge is 0.489 e. The zero-order chi connectivity index (χ0) is 23.5. The molecule has 1 unspecified atom stereocenters. The zero-order valence-electron chi connectivity index (χ0n) is 19.1. The van der Waals surface area contributed by atoms with Crippen LogP contribution >= 0.6 is 0 Å². The number of amides is 4. The fourth-order valence-corrected chi connectivity index (χ4v) is 4.92. The number of carbonyl (C=O) groups excluding carboxylic acids is 4. The molecule has 0 radical (unpaired) electrons. The lowest BCUT2D eigenvalue weighted by Gasteiger charge is -2.45. The predicted molar refractivity (Wildman–Crippen MR) is 117 cm³/mol. The summed E-state index contributed by atoms with van der Waals surface area (Å²) in [5.41, 5.74) is 1.71. The van der Waals surface area contributed by atoms with Crippen molar-refractivity contribution in [3.05, 3.63) is 23.3 Å². The molecule has 4 heterocycles. The summed E-state index contributed by atoms with van der Waals surface area (Å²) in [4.78, 5) is 54.8. The van der Waals surface area contributed by atoms with Crippen LogP contribution in [0.2, 0.25) is 0 Å². The molecule has 0 saturated carbocycles. The number of piperidine rings is 1. The van der Waals surface area contributed by atoms with Crippen LogP contribution in [0.4, 0.5) is 10.5 Å². The van der Waals surface area contributed by atoms with E-state index in [1.54, 1.807) is 11.0 Å². The molecule has 2 fully saturated rings. The van der Waals surface area contributed by atoms with E-state index < -0.39 is 17.6 Å². The molecule has 4 amide bonds. The Kier molecular flexibility index (Phi) is 4.98. The number of ether oxygens (including phenoxy) is 2. The molecule has 5 rings (SSSR count). The van der Waals surface area contributed by atoms with Crippen LogP contribution in [-0.2, 0) is 20.9 Å². The summed E-state index contributed by atoms with van der Waals surface area (Å²) in [5.74, 6) is -0.315. The van der Waals surface area contributed by atoms with Crippen molar-refractivity contribution < 1.29 is 28.7 Å². The van der Waals surface area contributed by atoms with Gasteiger partial charge in [0.15, 0.2) is 0 Å². The number of benzene rings is 1. The van der Waals surface area contributed by atoms with Gasteiger partial charge in [-0.15, -0.1) is 0 Å². The quantitative estimate of drug-likeness (QED) is 0.634. The fraction of sp³-hybridized carbons (Fsp3) is 0.565. The van der Waals surface area contributed by atoms with E-state index in [4.69, 9.17) is 9.47 Å². The number of hydrogen-bond acceptors (Lipinski definition) is 7. The third-order valence-corrected chi connectivity index (χ3v) is 6.48. The second-order valence-corrected chi connectivity index (χ2v) is 9.96. The maximum atomic E-state index is 13.1. The topological polar surface area (TPSA) is 108 Å². The smallest absolute Gasteiger partial charge is 0.410 e. The summed E-state index contributed by atoms with van der Waals surface area (Å²) < 4.78 is 11.5. The summed E-state index contributed by atoms with van der Waals surface area (Å²) in [6, 6.07) is 3.06. The van der Waals surface area contributed by atoms with Gasteiger partial charge in [-0.3, -0.25) is 19.7 Å². The molecule has 1 N–H and O–H groups in total. The summed E-state index contributed by atoms with van der Waals surface area (Å²) in [5, 5.41) is 2.33. The first-order valence-corrected chi connectivity index (χ1v) is 11.3. The molecule has 0 aliphatic carbocycles. The van der Waals surface area contributed by atoms with E-state index in [0.29, 0.717) is 50.5 Å². The molecule has 0 bridgehead atoms. The van der Waals surface area contributed by atoms with E-state index in [1.807, 2.05) is 26.8 Å². The number of nitrogens with one attached hydrogen (secondary N) is 1. The van der Waals surface area contributed by atoms with Crippen LogP contribution < -0.4 is 15.0 Å². The molecule has 10 nitrogen and oxygen atoms in total. The van der Waals surface area contributed by atoms with Gasteiger partial charge in [-0.2, -0.15) is 0 Å². The number of anilines is 1. The highest BCUT2D eigenvalue weighted by Crippen LogP contribution is 2.41. The van der Waals surface area contributed by atoms with Gasteiger partial charge in [0.2, 0.25) is 11.8 Å². The van der Waals surface area contributed by atoms with Crippen LogP contribution in [0.1, 0.15) is 49.5 Å². The average Bonchev–Trinajstić information content (AvgIpc) is 3.06. The summed E-state index contributed by atoms with van der Waals surface area (Å²) in [7, 11) is 0. The van der Waals surface area contributed by atoms with E-state index in [-0.39, 0.29) is 30.4 Å². The molecular weight excluding hydrogens is 428 g/mol. The number of nitrogens with zero attached hydrogens (tertiary/aromatic N) is 3. The summed E-state index contributed by atoms with van der Waals surface area (Å²) in [6.07, 6.45) is 0.224. The third-order valence-electron chi connectivity index (χ3n) is 6.48. The molecule has 176 valence electrons. The Labute approximate surface area is 191 Å². The van der Waals surface area contributed by atoms with Crippen molar-refractivity contribution in [3.63, 3.8) is 0 Å². The highest BCUT2D eigenvalue weighted by molar-refractivity contribution is 6.05. The monoisotopic (exact) mass is 456 g/mol. The van der Waals surface area contributed by atoms with E-state index in [2.05, 4.69) is 10.2 Å². The SMILES string of the molecule is CC(C)(C)OC(=O)N1CCN2c3cc4c(cc3OC[C@H]2C1)C(=O)N(C1CCC(=O)NC1=O)C4. The molecule has 1 aromatic carbocycles. The molecular formula is C23H28N4O6. The Hall–Kier alpha value is -3.30. The molecule has 10 heteroatoms. The van der Waals surface area contributed by atoms with E-state index in [1.165, 1.54) is 4.90 Å². The van der Waals surface area contributed by atoms with Crippen LogP contribution in [0.5, 0.6) is 5.75 Å². The van der Waals surface area contributed by atoms with Crippen molar-refractivity contribution in [1.82, 2.24) is 15.1 Å². The van der Waals surface area contributed by atoms with Crippen molar-refractivity contribution in [2.75, 3.05) is 31.1 Å². The number of fused-ring (bicyclic) bond motifs is 4. The van der Waals surface area contributed by atoms with Crippen molar-refractivity contribution in [2.24, 2.45) is 0 Å². The second kappa shape index (κ2) is 7.64. The van der Waals surface area contributed by atoms with Gasteiger partial charge in [0.25, 0.3) is 5.91 Å². The highest BCUT2D eigenvalue weighted by Gasteiger charge is 2.42. The van der Waals surface area contributed by atoms with Crippen LogP contribution in [0, 0.1) is 0 Å². The van der Waals surface area contributed by atoms with E-state index in [0.717, 1.165) is 11.3 Å². The number of carbonyl (C=O) groups is 4. The lowest BCUT2D eigenvalue weighted by Crippen LogP contribution is -2.59. The van der Waals surface area contributed by atoms with Gasteiger partial charge in [0.05, 0.1) is 11.7 Å². The number of piperazine rings is 1. The number of hydrogen-bond donors (Lipinski definition) is 1. The molecule has 33 heavy (non-hydrogen) atoms. The Balaban J connectivity index is 1.34. The number of rotatable bonds is 1. The van der Waals surface area contributed by atoms with Crippen LogP contribution in [0.15, 0.2) is 12.1 Å². The molecule has 0 aromatic heterocycles.